The summed E-state index contributed by atoms with van der Waals surface area (Å²) in [5.41, 5.74) is 3.18. The molecule has 2 aromatic heterocycles. The summed E-state index contributed by atoms with van der Waals surface area (Å²) in [6, 6.07) is 19.3. The molecule has 2 aromatic carbocycles. The molecule has 0 aliphatic heterocycles. The lowest BCUT2D eigenvalue weighted by Gasteiger charge is -2.27. The minimum absolute atomic E-state index is 0.00572. The molecule has 5 rings (SSSR count). The van der Waals surface area contributed by atoms with Crippen molar-refractivity contribution in [1.82, 2.24) is 15.3 Å². The summed E-state index contributed by atoms with van der Waals surface area (Å²) in [7, 11) is 0. The topological polar surface area (TPSA) is 75.1 Å². The van der Waals surface area contributed by atoms with Crippen LogP contribution in [0.2, 0.25) is 0 Å². The molecule has 0 radical (unpaired) electrons. The number of carboxylic acid groups (broad SMARTS) is 1. The Morgan fingerprint density at radius 2 is 1.85 bits per heavy atom. The maximum absolute atomic E-state index is 15.2. The fourth-order valence-corrected chi connectivity index (χ4v) is 5.10. The minimum atomic E-state index is -0.871. The van der Waals surface area contributed by atoms with Crippen molar-refractivity contribution < 1.29 is 14.3 Å². The number of nitrogens with one attached hydrogen (secondary N) is 1. The molecule has 0 saturated carbocycles. The number of hydrogen-bond acceptors (Lipinski definition) is 5. The number of pyridine rings is 1. The number of benzene rings is 2. The number of aliphatic carboxylic acids is 1. The monoisotopic (exact) mass is 473 g/mol. The van der Waals surface area contributed by atoms with Crippen molar-refractivity contribution in [3.63, 3.8) is 0 Å². The van der Waals surface area contributed by atoms with Crippen molar-refractivity contribution in [2.45, 2.75) is 31.2 Å². The van der Waals surface area contributed by atoms with E-state index in [4.69, 9.17) is 10.1 Å². The van der Waals surface area contributed by atoms with Crippen molar-refractivity contribution in [2.75, 3.05) is 6.54 Å². The molecule has 0 amide bonds. The number of thiazole rings is 1. The van der Waals surface area contributed by atoms with Crippen LogP contribution in [-0.4, -0.2) is 27.6 Å². The van der Waals surface area contributed by atoms with E-state index in [1.54, 1.807) is 6.07 Å². The Hall–Kier alpha value is -3.42. The van der Waals surface area contributed by atoms with E-state index in [0.717, 1.165) is 21.6 Å². The average molecular weight is 474 g/mol. The smallest absolute Gasteiger partial charge is 0.304 e. The highest BCUT2D eigenvalue weighted by molar-refractivity contribution is 7.21. The normalized spacial score (nSPS) is 14.4. The second-order valence-electron chi connectivity index (χ2n) is 9.00. The number of fused-ring (bicyclic) bond motifs is 1. The first-order valence-electron chi connectivity index (χ1n) is 11.1. The first kappa shape index (κ1) is 22.4. The molecular weight excluding hydrogens is 449 g/mol. The van der Waals surface area contributed by atoms with Gasteiger partial charge >= 0.3 is 5.97 Å². The van der Waals surface area contributed by atoms with E-state index in [-0.39, 0.29) is 17.7 Å². The summed E-state index contributed by atoms with van der Waals surface area (Å²) in [5, 5.41) is 12.6. The van der Waals surface area contributed by atoms with Crippen LogP contribution in [0.5, 0.6) is 0 Å². The van der Waals surface area contributed by atoms with Gasteiger partial charge in [-0.3, -0.25) is 4.79 Å². The number of nitrogens with zero attached hydrogens (tertiary/aromatic N) is 2. The molecule has 4 aromatic rings. The predicted molar refractivity (Wildman–Crippen MR) is 132 cm³/mol. The van der Waals surface area contributed by atoms with Gasteiger partial charge in [-0.2, -0.15) is 0 Å². The van der Waals surface area contributed by atoms with Crippen molar-refractivity contribution in [3.05, 3.63) is 95.5 Å². The van der Waals surface area contributed by atoms with E-state index in [9.17, 15) is 4.79 Å². The summed E-state index contributed by atoms with van der Waals surface area (Å²) in [4.78, 5) is 21.1. The number of rotatable bonds is 8. The Labute approximate surface area is 201 Å². The largest absolute Gasteiger partial charge is 0.481 e. The summed E-state index contributed by atoms with van der Waals surface area (Å²) in [6.45, 7) is 4.11. The van der Waals surface area contributed by atoms with E-state index in [1.165, 1.54) is 23.0 Å². The zero-order valence-corrected chi connectivity index (χ0v) is 19.7. The van der Waals surface area contributed by atoms with Gasteiger partial charge in [-0.05, 0) is 49.2 Å². The molecule has 0 saturated heterocycles. The lowest BCUT2D eigenvalue weighted by molar-refractivity contribution is -0.136. The minimum Gasteiger partial charge on any atom is -0.481 e. The third-order valence-corrected chi connectivity index (χ3v) is 7.26. The number of carbonyl (C=O) groups is 1. The molecular formula is C27H24FN3O2S. The maximum Gasteiger partial charge on any atom is 0.304 e. The van der Waals surface area contributed by atoms with Crippen molar-refractivity contribution in [1.29, 1.82) is 0 Å². The van der Waals surface area contributed by atoms with E-state index in [1.807, 2.05) is 50.2 Å². The van der Waals surface area contributed by atoms with Crippen LogP contribution < -0.4 is 5.32 Å². The zero-order chi connectivity index (χ0) is 23.9. The van der Waals surface area contributed by atoms with E-state index < -0.39 is 11.5 Å². The number of hydrogen-bond donors (Lipinski definition) is 2. The molecule has 7 heteroatoms. The molecule has 0 fully saturated rings. The standard InChI is InChI=1S/C27H24FN3O2S/c1-26(2,29-15-12-23(32)33)18-8-9-19(20(28)16-18)24-30-21-10-11-22(31-25(21)34-24)27(13-14-27)17-6-4-3-5-7-17/h3-11,13-14,16,29H,12,15H2,1-2H3,(H,32,33). The first-order valence-corrected chi connectivity index (χ1v) is 11.9. The SMILES string of the molecule is CC(C)(NCCC(=O)O)c1ccc(-c2nc3ccc(C4(c5ccccc5)C=C4)nc3s2)c(F)c1. The van der Waals surface area contributed by atoms with Gasteiger partial charge in [0.25, 0.3) is 0 Å². The fraction of sp³-hybridized carbons (Fsp3) is 0.222. The van der Waals surface area contributed by atoms with Crippen LogP contribution >= 0.6 is 11.3 Å². The van der Waals surface area contributed by atoms with Gasteiger partial charge in [0.05, 0.1) is 17.5 Å². The molecule has 172 valence electrons. The Balaban J connectivity index is 1.42. The summed E-state index contributed by atoms with van der Waals surface area (Å²) in [5.74, 6) is -1.24. The highest BCUT2D eigenvalue weighted by Gasteiger charge is 2.39. The third kappa shape index (κ3) is 4.13. The lowest BCUT2D eigenvalue weighted by Crippen LogP contribution is -2.37. The maximum atomic E-state index is 15.2. The van der Waals surface area contributed by atoms with Gasteiger partial charge in [-0.15, -0.1) is 0 Å². The Bertz CT molecular complexity index is 1410. The molecule has 1 aliphatic rings. The summed E-state index contributed by atoms with van der Waals surface area (Å²) < 4.78 is 15.2. The number of halogens is 1. The van der Waals surface area contributed by atoms with Gasteiger partial charge < -0.3 is 10.4 Å². The van der Waals surface area contributed by atoms with Gasteiger partial charge in [0.1, 0.15) is 21.2 Å². The van der Waals surface area contributed by atoms with Crippen molar-refractivity contribution >= 4 is 27.7 Å². The van der Waals surface area contributed by atoms with Crippen LogP contribution in [0.1, 0.15) is 37.1 Å². The van der Waals surface area contributed by atoms with Crippen LogP contribution in [0.15, 0.2) is 72.8 Å². The van der Waals surface area contributed by atoms with Gasteiger partial charge in [-0.1, -0.05) is 59.9 Å². The predicted octanol–water partition coefficient (Wildman–Crippen LogP) is 5.65. The molecule has 0 unspecified atom stereocenters. The molecule has 0 bridgehead atoms. The molecule has 5 nitrogen and oxygen atoms in total. The average Bonchev–Trinajstić information content (AvgIpc) is 3.52. The van der Waals surface area contributed by atoms with Crippen LogP contribution in [0.3, 0.4) is 0 Å². The zero-order valence-electron chi connectivity index (χ0n) is 18.9. The number of aromatic nitrogens is 2. The van der Waals surface area contributed by atoms with Gasteiger partial charge in [0.2, 0.25) is 0 Å². The fourth-order valence-electron chi connectivity index (χ4n) is 4.13. The molecule has 2 heterocycles. The Morgan fingerprint density at radius 3 is 2.53 bits per heavy atom. The van der Waals surface area contributed by atoms with Crippen LogP contribution in [0.25, 0.3) is 20.9 Å². The highest BCUT2D eigenvalue weighted by atomic mass is 32.1. The summed E-state index contributed by atoms with van der Waals surface area (Å²) >= 11 is 1.38. The number of carboxylic acids is 1. The van der Waals surface area contributed by atoms with Gasteiger partial charge in [-0.25, -0.2) is 14.4 Å². The molecule has 2 N–H and O–H groups in total. The van der Waals surface area contributed by atoms with E-state index in [0.29, 0.717) is 17.1 Å². The van der Waals surface area contributed by atoms with Gasteiger partial charge in [0.15, 0.2) is 0 Å². The molecule has 34 heavy (non-hydrogen) atoms. The van der Waals surface area contributed by atoms with Crippen LogP contribution in [0.4, 0.5) is 4.39 Å². The highest BCUT2D eigenvalue weighted by Crippen LogP contribution is 2.45. The molecule has 0 spiro atoms. The quantitative estimate of drug-likeness (QED) is 0.323. The molecule has 1 aliphatic carbocycles. The lowest BCUT2D eigenvalue weighted by atomic mass is 9.89. The van der Waals surface area contributed by atoms with E-state index in [2.05, 4.69) is 34.6 Å². The van der Waals surface area contributed by atoms with Crippen molar-refractivity contribution in [3.8, 4) is 10.6 Å². The Kier molecular flexibility index (Phi) is 5.54. The summed E-state index contributed by atoms with van der Waals surface area (Å²) in [6.07, 6.45) is 4.29. The third-order valence-electron chi connectivity index (χ3n) is 6.26. The Morgan fingerprint density at radius 1 is 1.09 bits per heavy atom. The number of allylic oxidation sites excluding steroid dienone is 2. The van der Waals surface area contributed by atoms with Crippen LogP contribution in [-0.2, 0) is 15.7 Å². The van der Waals surface area contributed by atoms with E-state index >= 15 is 4.39 Å². The first-order chi connectivity index (χ1) is 16.3. The van der Waals surface area contributed by atoms with Crippen molar-refractivity contribution in [2.24, 2.45) is 0 Å². The van der Waals surface area contributed by atoms with Gasteiger partial charge in [0, 0.05) is 17.6 Å². The van der Waals surface area contributed by atoms with Crippen LogP contribution in [0, 0.1) is 5.82 Å². The second kappa shape index (κ2) is 8.42. The second-order valence-corrected chi connectivity index (χ2v) is 9.98. The molecule has 0 atom stereocenters.